The van der Waals surface area contributed by atoms with Gasteiger partial charge in [-0.25, -0.2) is 19.3 Å². The Balaban J connectivity index is 1.51. The Bertz CT molecular complexity index is 1390. The van der Waals surface area contributed by atoms with Gasteiger partial charge in [0.25, 0.3) is 0 Å². The predicted octanol–water partition coefficient (Wildman–Crippen LogP) is 3.88. The first-order valence-corrected chi connectivity index (χ1v) is 10.1. The summed E-state index contributed by atoms with van der Waals surface area (Å²) in [4.78, 5) is 23.4. The number of hydrogen-bond donors (Lipinski definition) is 1. The predicted molar refractivity (Wildman–Crippen MR) is 112 cm³/mol. The van der Waals surface area contributed by atoms with Crippen LogP contribution in [0.1, 0.15) is 12.6 Å². The number of urea groups is 1. The molecule has 1 aliphatic rings. The Morgan fingerprint density at radius 1 is 1.15 bits per heavy atom. The molecule has 5 heterocycles. The fraction of sp³-hybridized carbons (Fsp3) is 0.222. The number of amides is 2. The van der Waals surface area contributed by atoms with E-state index in [1.165, 1.54) is 41.7 Å². The number of rotatable bonds is 2. The van der Waals surface area contributed by atoms with E-state index in [4.69, 9.17) is 23.2 Å². The van der Waals surface area contributed by atoms with E-state index in [1.54, 1.807) is 0 Å². The van der Waals surface area contributed by atoms with E-state index >= 15 is 0 Å². The van der Waals surface area contributed by atoms with E-state index in [9.17, 15) is 18.0 Å². The van der Waals surface area contributed by atoms with Crippen molar-refractivity contribution in [2.45, 2.75) is 18.5 Å². The molecule has 0 radical (unpaired) electrons. The average Bonchev–Trinajstić information content (AvgIpc) is 3.45. The Morgan fingerprint density at radius 2 is 1.88 bits per heavy atom. The van der Waals surface area contributed by atoms with Crippen molar-refractivity contribution in [2.24, 2.45) is 0 Å². The summed E-state index contributed by atoms with van der Waals surface area (Å²) in [5, 5.41) is 14.4. The van der Waals surface area contributed by atoms with Gasteiger partial charge in [-0.15, -0.1) is 4.80 Å². The van der Waals surface area contributed by atoms with Gasteiger partial charge in [-0.1, -0.05) is 23.2 Å². The van der Waals surface area contributed by atoms with E-state index in [1.807, 2.05) is 0 Å². The monoisotopic (exact) mass is 497 g/mol. The van der Waals surface area contributed by atoms with Crippen LogP contribution in [0.25, 0.3) is 11.5 Å². The topological polar surface area (TPSA) is 106 Å². The van der Waals surface area contributed by atoms with Gasteiger partial charge in [0.1, 0.15) is 5.41 Å². The Labute approximate surface area is 192 Å². The van der Waals surface area contributed by atoms with Crippen molar-refractivity contribution in [3.63, 3.8) is 0 Å². The lowest BCUT2D eigenvalue weighted by Gasteiger charge is -2.28. The van der Waals surface area contributed by atoms with Crippen LogP contribution in [0.15, 0.2) is 36.9 Å². The molecule has 1 aliphatic heterocycles. The molecule has 0 spiro atoms. The zero-order valence-corrected chi connectivity index (χ0v) is 18.1. The van der Waals surface area contributed by atoms with Crippen LogP contribution in [0.5, 0.6) is 0 Å². The number of alkyl halides is 3. The zero-order chi connectivity index (χ0) is 23.5. The van der Waals surface area contributed by atoms with Crippen LogP contribution < -0.4 is 10.2 Å². The number of anilines is 2. The van der Waals surface area contributed by atoms with Crippen LogP contribution in [0.3, 0.4) is 0 Å². The van der Waals surface area contributed by atoms with Crippen molar-refractivity contribution in [2.75, 3.05) is 16.8 Å². The molecule has 33 heavy (non-hydrogen) atoms. The van der Waals surface area contributed by atoms with Gasteiger partial charge in [-0.05, 0) is 13.0 Å². The van der Waals surface area contributed by atoms with Gasteiger partial charge in [0, 0.05) is 12.6 Å². The number of nitrogens with zero attached hydrogens (tertiary/aromatic N) is 8. The molecule has 4 aromatic heterocycles. The molecule has 0 saturated heterocycles. The molecule has 170 valence electrons. The normalized spacial score (nSPS) is 18.1. The van der Waals surface area contributed by atoms with Gasteiger partial charge in [0.05, 0.1) is 46.9 Å². The van der Waals surface area contributed by atoms with Gasteiger partial charge in [0.15, 0.2) is 16.6 Å². The van der Waals surface area contributed by atoms with E-state index in [-0.39, 0.29) is 38.7 Å². The lowest BCUT2D eigenvalue weighted by Crippen LogP contribution is -2.46. The van der Waals surface area contributed by atoms with Crippen molar-refractivity contribution in [1.82, 2.24) is 34.6 Å². The number of fused-ring (bicyclic) bond motifs is 3. The third-order valence-electron chi connectivity index (χ3n) is 5.27. The summed E-state index contributed by atoms with van der Waals surface area (Å²) in [5.74, 6) is 0.220. The highest BCUT2D eigenvalue weighted by Crippen LogP contribution is 2.50. The van der Waals surface area contributed by atoms with Gasteiger partial charge in [-0.3, -0.25) is 4.90 Å². The molecule has 0 aromatic carbocycles. The van der Waals surface area contributed by atoms with E-state index in [2.05, 4.69) is 30.6 Å². The fourth-order valence-corrected chi connectivity index (χ4v) is 4.07. The number of carbonyl (C=O) groups is 1. The highest BCUT2D eigenvalue weighted by molar-refractivity contribution is 6.32. The van der Waals surface area contributed by atoms with Crippen LogP contribution in [-0.2, 0) is 5.41 Å². The molecule has 15 heteroatoms. The second kappa shape index (κ2) is 7.28. The van der Waals surface area contributed by atoms with Crippen molar-refractivity contribution < 1.29 is 18.0 Å². The molecule has 0 unspecified atom stereocenters. The van der Waals surface area contributed by atoms with Crippen molar-refractivity contribution in [1.29, 1.82) is 0 Å². The Kier molecular flexibility index (Phi) is 4.72. The molecule has 0 aliphatic carbocycles. The summed E-state index contributed by atoms with van der Waals surface area (Å²) >= 11 is 12.1. The first-order chi connectivity index (χ1) is 15.6. The molecule has 0 fully saturated rings. The third-order valence-corrected chi connectivity index (χ3v) is 5.74. The highest BCUT2D eigenvalue weighted by atomic mass is 35.5. The minimum absolute atomic E-state index is 0.0178. The molecule has 1 N–H and O–H groups in total. The van der Waals surface area contributed by atoms with Crippen LogP contribution in [0, 0.1) is 0 Å². The summed E-state index contributed by atoms with van der Waals surface area (Å²) in [6.07, 6.45) is 0.669. The quantitative estimate of drug-likeness (QED) is 0.450. The molecule has 5 rings (SSSR count). The number of pyridine rings is 1. The van der Waals surface area contributed by atoms with Gasteiger partial charge in [0.2, 0.25) is 0 Å². The molecule has 2 amide bonds. The smallest absolute Gasteiger partial charge is 0.306 e. The maximum atomic E-state index is 14.2. The first kappa shape index (κ1) is 21.4. The number of aromatic nitrogens is 7. The lowest BCUT2D eigenvalue weighted by atomic mass is 9.88. The SMILES string of the molecule is C[C@@]1(C(F)(F)F)CN(C(=O)Nc2cnc(-n3nccn3)c(Cl)c2)c2cnc3cc(Cl)nn3c21. The maximum Gasteiger partial charge on any atom is 0.401 e. The number of halogens is 5. The zero-order valence-electron chi connectivity index (χ0n) is 16.5. The van der Waals surface area contributed by atoms with Crippen LogP contribution >= 0.6 is 23.2 Å². The highest BCUT2D eigenvalue weighted by Gasteiger charge is 2.60. The molecule has 1 atom stereocenters. The minimum Gasteiger partial charge on any atom is -0.306 e. The summed E-state index contributed by atoms with van der Waals surface area (Å²) in [6.45, 7) is 0.310. The molecule has 0 bridgehead atoms. The lowest BCUT2D eigenvalue weighted by molar-refractivity contribution is -0.181. The molecular weight excluding hydrogens is 486 g/mol. The third kappa shape index (κ3) is 3.35. The van der Waals surface area contributed by atoms with Gasteiger partial charge < -0.3 is 5.32 Å². The molecular formula is C18H12Cl2F3N9O. The van der Waals surface area contributed by atoms with Crippen LogP contribution in [0.4, 0.5) is 29.3 Å². The molecule has 0 saturated carbocycles. The van der Waals surface area contributed by atoms with Crippen molar-refractivity contribution in [3.8, 4) is 5.82 Å². The minimum atomic E-state index is -4.69. The van der Waals surface area contributed by atoms with E-state index in [0.29, 0.717) is 0 Å². The Hall–Kier alpha value is -3.45. The largest absolute Gasteiger partial charge is 0.401 e. The van der Waals surface area contributed by atoms with Gasteiger partial charge >= 0.3 is 12.2 Å². The molecule has 10 nitrogen and oxygen atoms in total. The summed E-state index contributed by atoms with van der Waals surface area (Å²) in [7, 11) is 0. The second-order valence-electron chi connectivity index (χ2n) is 7.42. The number of nitrogens with one attached hydrogen (secondary N) is 1. The Morgan fingerprint density at radius 3 is 2.55 bits per heavy atom. The van der Waals surface area contributed by atoms with Crippen molar-refractivity contribution in [3.05, 3.63) is 52.8 Å². The first-order valence-electron chi connectivity index (χ1n) is 9.31. The van der Waals surface area contributed by atoms with E-state index < -0.39 is 24.2 Å². The maximum absolute atomic E-state index is 14.2. The number of carbonyl (C=O) groups excluding carboxylic acids is 1. The summed E-state index contributed by atoms with van der Waals surface area (Å²) < 4.78 is 43.5. The van der Waals surface area contributed by atoms with Crippen LogP contribution in [0.2, 0.25) is 10.2 Å². The van der Waals surface area contributed by atoms with E-state index in [0.717, 1.165) is 16.3 Å². The van der Waals surface area contributed by atoms with Crippen LogP contribution in [-0.4, -0.2) is 53.3 Å². The summed E-state index contributed by atoms with van der Waals surface area (Å²) in [5.41, 5.74) is -2.40. The standard InChI is InChI=1S/C18H12Cl2F3N9O/c1-17(18(21,22)23)8-30(11-7-24-13-5-12(20)29-31(13)14(11)17)16(33)28-9-4-10(19)15(25-6-9)32-26-2-3-27-32/h2-7H,8H2,1H3,(H,28,33)/t17-/m1/s1. The second-order valence-corrected chi connectivity index (χ2v) is 8.22. The molecule has 4 aromatic rings. The average molecular weight is 498 g/mol. The van der Waals surface area contributed by atoms with Crippen molar-refractivity contribution >= 4 is 46.3 Å². The fourth-order valence-electron chi connectivity index (χ4n) is 3.65. The number of hydrogen-bond acceptors (Lipinski definition) is 6. The summed E-state index contributed by atoms with van der Waals surface area (Å²) in [6, 6.07) is 1.90. The van der Waals surface area contributed by atoms with Gasteiger partial charge in [-0.2, -0.15) is 28.5 Å².